The molecule has 1 aliphatic heterocycles. The zero-order valence-corrected chi connectivity index (χ0v) is 15.0. The highest BCUT2D eigenvalue weighted by Crippen LogP contribution is 2.35. The third-order valence-electron chi connectivity index (χ3n) is 4.38. The number of hydrogen-bond acceptors (Lipinski definition) is 5. The predicted octanol–water partition coefficient (Wildman–Crippen LogP) is 2.54. The van der Waals surface area contributed by atoms with Crippen LogP contribution in [0.25, 0.3) is 0 Å². The molecule has 0 saturated carbocycles. The molecule has 7 nitrogen and oxygen atoms in total. The molecule has 3 rings (SSSR count). The Hall–Kier alpha value is -3.17. The Morgan fingerprint density at radius 3 is 2.21 bits per heavy atom. The Kier molecular flexibility index (Phi) is 5.48. The molecule has 0 unspecified atom stereocenters. The molecule has 2 heterocycles. The first-order chi connectivity index (χ1) is 13.3. The lowest BCUT2D eigenvalue weighted by molar-refractivity contribution is -0.137. The summed E-state index contributed by atoms with van der Waals surface area (Å²) in [5.41, 5.74) is -0.880. The van der Waals surface area contributed by atoms with Gasteiger partial charge in [-0.05, 0) is 12.1 Å². The summed E-state index contributed by atoms with van der Waals surface area (Å²) < 4.78 is 39.2. The van der Waals surface area contributed by atoms with Gasteiger partial charge in [-0.15, -0.1) is 0 Å². The number of para-hydroxylation sites is 1. The van der Waals surface area contributed by atoms with Crippen LogP contribution in [0, 0.1) is 0 Å². The van der Waals surface area contributed by atoms with Gasteiger partial charge < -0.3 is 15.1 Å². The molecule has 2 aromatic rings. The minimum atomic E-state index is -4.51. The lowest BCUT2D eigenvalue weighted by Gasteiger charge is -2.33. The Morgan fingerprint density at radius 2 is 1.64 bits per heavy atom. The van der Waals surface area contributed by atoms with E-state index in [0.717, 1.165) is 6.07 Å². The summed E-state index contributed by atoms with van der Waals surface area (Å²) in [6.07, 6.45) is -2.07. The van der Waals surface area contributed by atoms with Gasteiger partial charge in [0, 0.05) is 33.1 Å². The van der Waals surface area contributed by atoms with Gasteiger partial charge in [0.15, 0.2) is 0 Å². The van der Waals surface area contributed by atoms with E-state index in [1.54, 1.807) is 9.80 Å². The Bertz CT molecular complexity index is 862. The van der Waals surface area contributed by atoms with Crippen LogP contribution >= 0.6 is 0 Å². The van der Waals surface area contributed by atoms with E-state index in [0.29, 0.717) is 26.2 Å². The van der Waals surface area contributed by atoms with E-state index < -0.39 is 11.7 Å². The predicted molar refractivity (Wildman–Crippen MR) is 94.9 cm³/mol. The van der Waals surface area contributed by atoms with E-state index in [2.05, 4.69) is 15.3 Å². The number of halogens is 3. The highest BCUT2D eigenvalue weighted by atomic mass is 19.4. The summed E-state index contributed by atoms with van der Waals surface area (Å²) in [5, 5.41) is 2.58. The maximum Gasteiger partial charge on any atom is 0.418 e. The summed E-state index contributed by atoms with van der Waals surface area (Å²) in [4.78, 5) is 35.1. The van der Waals surface area contributed by atoms with Gasteiger partial charge in [0.2, 0.25) is 5.91 Å². The van der Waals surface area contributed by atoms with Crippen LogP contribution in [0.1, 0.15) is 23.0 Å². The molecule has 1 aromatic carbocycles. The summed E-state index contributed by atoms with van der Waals surface area (Å²) in [6.45, 7) is 3.15. The Balaban J connectivity index is 1.68. The van der Waals surface area contributed by atoms with Crippen LogP contribution in [-0.2, 0) is 11.0 Å². The van der Waals surface area contributed by atoms with Crippen LogP contribution in [0.2, 0.25) is 0 Å². The standard InChI is InChI=1S/C18H18F3N5O2/c1-12(27)25-6-8-26(9-7-25)17(28)15-10-23-16(11-22-15)24-14-5-3-2-4-13(14)18(19,20)21/h2-5,10-11H,6-9H2,1H3,(H,23,24). The minimum Gasteiger partial charge on any atom is -0.339 e. The number of amides is 2. The van der Waals surface area contributed by atoms with Crippen LogP contribution in [0.3, 0.4) is 0 Å². The fourth-order valence-electron chi connectivity index (χ4n) is 2.87. The normalized spacial score (nSPS) is 14.7. The van der Waals surface area contributed by atoms with Crippen LogP contribution in [0.5, 0.6) is 0 Å². The molecule has 0 spiro atoms. The van der Waals surface area contributed by atoms with Crippen molar-refractivity contribution in [1.29, 1.82) is 0 Å². The maximum absolute atomic E-state index is 13.1. The zero-order chi connectivity index (χ0) is 20.3. The molecule has 0 atom stereocenters. The van der Waals surface area contributed by atoms with Gasteiger partial charge in [0.05, 0.1) is 23.6 Å². The van der Waals surface area contributed by atoms with Gasteiger partial charge >= 0.3 is 6.18 Å². The zero-order valence-electron chi connectivity index (χ0n) is 15.0. The quantitative estimate of drug-likeness (QED) is 0.867. The smallest absolute Gasteiger partial charge is 0.339 e. The van der Waals surface area contributed by atoms with E-state index >= 15 is 0 Å². The van der Waals surface area contributed by atoms with Gasteiger partial charge in [-0.2, -0.15) is 13.2 Å². The van der Waals surface area contributed by atoms with Crippen molar-refractivity contribution in [3.8, 4) is 0 Å². The lowest BCUT2D eigenvalue weighted by atomic mass is 10.1. The number of nitrogens with one attached hydrogen (secondary N) is 1. The first-order valence-corrected chi connectivity index (χ1v) is 8.56. The molecule has 1 aliphatic rings. The molecule has 0 bridgehead atoms. The third-order valence-corrected chi connectivity index (χ3v) is 4.38. The highest BCUT2D eigenvalue weighted by Gasteiger charge is 2.33. The number of rotatable bonds is 3. The molecule has 0 aliphatic carbocycles. The van der Waals surface area contributed by atoms with Crippen LogP contribution in [-0.4, -0.2) is 57.8 Å². The molecular formula is C18H18F3N5O2. The number of aromatic nitrogens is 2. The number of nitrogens with zero attached hydrogens (tertiary/aromatic N) is 4. The Labute approximate surface area is 159 Å². The summed E-state index contributed by atoms with van der Waals surface area (Å²) in [5.74, 6) is -0.283. The molecular weight excluding hydrogens is 375 g/mol. The summed E-state index contributed by atoms with van der Waals surface area (Å²) in [6, 6.07) is 5.03. The number of benzene rings is 1. The molecule has 28 heavy (non-hydrogen) atoms. The van der Waals surface area contributed by atoms with Crippen molar-refractivity contribution in [1.82, 2.24) is 19.8 Å². The van der Waals surface area contributed by atoms with E-state index in [-0.39, 0.29) is 29.0 Å². The van der Waals surface area contributed by atoms with Gasteiger partial charge in [-0.1, -0.05) is 12.1 Å². The summed E-state index contributed by atoms with van der Waals surface area (Å²) in [7, 11) is 0. The second-order valence-corrected chi connectivity index (χ2v) is 6.25. The van der Waals surface area contributed by atoms with Crippen molar-refractivity contribution >= 4 is 23.3 Å². The highest BCUT2D eigenvalue weighted by molar-refractivity contribution is 5.92. The molecule has 1 N–H and O–H groups in total. The fourth-order valence-corrected chi connectivity index (χ4v) is 2.87. The third kappa shape index (κ3) is 4.38. The topological polar surface area (TPSA) is 78.4 Å². The minimum absolute atomic E-state index is 0.0403. The number of piperazine rings is 1. The van der Waals surface area contributed by atoms with E-state index in [4.69, 9.17) is 0 Å². The molecule has 2 amide bonds. The number of carbonyl (C=O) groups is 2. The van der Waals surface area contributed by atoms with Crippen molar-refractivity contribution < 1.29 is 22.8 Å². The Morgan fingerprint density at radius 1 is 1.00 bits per heavy atom. The lowest BCUT2D eigenvalue weighted by Crippen LogP contribution is -2.50. The number of alkyl halides is 3. The average molecular weight is 393 g/mol. The van der Waals surface area contributed by atoms with Crippen LogP contribution in [0.15, 0.2) is 36.7 Å². The van der Waals surface area contributed by atoms with E-state index in [1.165, 1.54) is 37.5 Å². The number of hydrogen-bond donors (Lipinski definition) is 1. The van der Waals surface area contributed by atoms with Gasteiger partial charge in [-0.25, -0.2) is 9.97 Å². The first-order valence-electron chi connectivity index (χ1n) is 8.56. The molecule has 148 valence electrons. The van der Waals surface area contributed by atoms with Crippen LogP contribution < -0.4 is 5.32 Å². The van der Waals surface area contributed by atoms with Gasteiger partial charge in [0.25, 0.3) is 5.91 Å². The molecule has 1 saturated heterocycles. The fraction of sp³-hybridized carbons (Fsp3) is 0.333. The second-order valence-electron chi connectivity index (χ2n) is 6.25. The molecule has 0 radical (unpaired) electrons. The average Bonchev–Trinajstić information content (AvgIpc) is 2.68. The number of carbonyl (C=O) groups excluding carboxylic acids is 2. The van der Waals surface area contributed by atoms with Crippen molar-refractivity contribution in [2.24, 2.45) is 0 Å². The SMILES string of the molecule is CC(=O)N1CCN(C(=O)c2cnc(Nc3ccccc3C(F)(F)F)cn2)CC1. The van der Waals surface area contributed by atoms with E-state index in [1.807, 2.05) is 0 Å². The second kappa shape index (κ2) is 7.83. The maximum atomic E-state index is 13.1. The molecule has 1 aromatic heterocycles. The molecule has 1 fully saturated rings. The van der Waals surface area contributed by atoms with Crippen LogP contribution in [0.4, 0.5) is 24.7 Å². The van der Waals surface area contributed by atoms with E-state index in [9.17, 15) is 22.8 Å². The molecule has 10 heteroatoms. The number of anilines is 2. The largest absolute Gasteiger partial charge is 0.418 e. The summed E-state index contributed by atoms with van der Waals surface area (Å²) >= 11 is 0. The van der Waals surface area contributed by atoms with Crippen molar-refractivity contribution in [3.05, 3.63) is 47.9 Å². The van der Waals surface area contributed by atoms with Gasteiger partial charge in [-0.3, -0.25) is 9.59 Å². The van der Waals surface area contributed by atoms with Crippen molar-refractivity contribution in [2.75, 3.05) is 31.5 Å². The monoisotopic (exact) mass is 393 g/mol. The van der Waals surface area contributed by atoms with Crippen molar-refractivity contribution in [2.45, 2.75) is 13.1 Å². The first kappa shape index (κ1) is 19.6. The van der Waals surface area contributed by atoms with Gasteiger partial charge in [0.1, 0.15) is 11.5 Å². The van der Waals surface area contributed by atoms with Crippen molar-refractivity contribution in [3.63, 3.8) is 0 Å².